The van der Waals surface area contributed by atoms with Crippen LogP contribution in [0.3, 0.4) is 0 Å². The van der Waals surface area contributed by atoms with E-state index in [1.807, 2.05) is 18.2 Å². The Balaban J connectivity index is 1.25. The summed E-state index contributed by atoms with van der Waals surface area (Å²) in [5, 5.41) is 12.3. The van der Waals surface area contributed by atoms with Gasteiger partial charge in [0, 0.05) is 36.8 Å². The number of nitrogens with two attached hydrogens (primary N) is 1. The number of nitrogens with one attached hydrogen (secondary N) is 1. The van der Waals surface area contributed by atoms with Gasteiger partial charge in [0.25, 0.3) is 0 Å². The number of benzene rings is 1. The van der Waals surface area contributed by atoms with Gasteiger partial charge in [-0.15, -0.1) is 0 Å². The van der Waals surface area contributed by atoms with Gasteiger partial charge < -0.3 is 20.9 Å². The monoisotopic (exact) mass is 371 g/mol. The van der Waals surface area contributed by atoms with Crippen molar-refractivity contribution in [2.45, 2.75) is 24.7 Å². The molecule has 3 aliphatic rings. The first-order valence-corrected chi connectivity index (χ1v) is 9.19. The molecular weight excluding hydrogens is 349 g/mol. The first-order valence-electron chi connectivity index (χ1n) is 9.19. The topological polar surface area (TPSA) is 102 Å². The number of carbonyl (C=O) groups excluding carboxylic acids is 2. The quantitative estimate of drug-likeness (QED) is 0.774. The standard InChI is InChI=1S/C19H22FN5O2/c20-12-5-14(6-21)25(8-12)17(26)7-23-18-15-9-24(10-16(15)18)13-3-1-11(2-4-13)19(22)27/h1-4,12,14-16,18,23H,5,7-10H2,(H2,22,27)/t12-,14-,15?,16?,18?/m0/s1. The lowest BCUT2D eigenvalue weighted by Gasteiger charge is -2.23. The number of fused-ring (bicyclic) bond motifs is 1. The first kappa shape index (κ1) is 17.7. The molecule has 3 N–H and O–H groups in total. The van der Waals surface area contributed by atoms with Gasteiger partial charge in [0.2, 0.25) is 11.8 Å². The summed E-state index contributed by atoms with van der Waals surface area (Å²) in [6, 6.07) is 8.92. The number of hydrogen-bond donors (Lipinski definition) is 2. The first-order chi connectivity index (χ1) is 13.0. The fourth-order valence-electron chi connectivity index (χ4n) is 4.37. The lowest BCUT2D eigenvalue weighted by molar-refractivity contribution is -0.130. The molecule has 2 heterocycles. The maximum absolute atomic E-state index is 13.4. The van der Waals surface area contributed by atoms with Crippen LogP contribution in [-0.2, 0) is 4.79 Å². The number of piperidine rings is 1. The largest absolute Gasteiger partial charge is 0.371 e. The molecule has 27 heavy (non-hydrogen) atoms. The summed E-state index contributed by atoms with van der Waals surface area (Å²) in [5.41, 5.74) is 6.82. The number of rotatable bonds is 5. The van der Waals surface area contributed by atoms with Crippen LogP contribution in [0.25, 0.3) is 0 Å². The molecule has 1 aromatic rings. The molecule has 4 atom stereocenters. The van der Waals surface area contributed by atoms with Crippen LogP contribution in [-0.4, -0.2) is 61.1 Å². The molecule has 142 valence electrons. The summed E-state index contributed by atoms with van der Waals surface area (Å²) in [6.07, 6.45) is -0.992. The second-order valence-electron chi connectivity index (χ2n) is 7.57. The molecule has 2 aliphatic heterocycles. The van der Waals surface area contributed by atoms with Gasteiger partial charge in [-0.25, -0.2) is 4.39 Å². The summed E-state index contributed by atoms with van der Waals surface area (Å²) < 4.78 is 13.4. The number of anilines is 1. The van der Waals surface area contributed by atoms with Crippen LogP contribution in [0.4, 0.5) is 10.1 Å². The van der Waals surface area contributed by atoms with E-state index in [1.54, 1.807) is 12.1 Å². The van der Waals surface area contributed by atoms with Crippen molar-refractivity contribution < 1.29 is 14.0 Å². The van der Waals surface area contributed by atoms with Crippen molar-refractivity contribution in [3.05, 3.63) is 29.8 Å². The van der Waals surface area contributed by atoms with Crippen LogP contribution in [0.15, 0.2) is 24.3 Å². The van der Waals surface area contributed by atoms with E-state index < -0.39 is 18.1 Å². The number of amides is 2. The molecular formula is C19H22FN5O2. The Morgan fingerprint density at radius 3 is 2.48 bits per heavy atom. The van der Waals surface area contributed by atoms with Crippen molar-refractivity contribution in [2.75, 3.05) is 31.1 Å². The van der Waals surface area contributed by atoms with Gasteiger partial charge in [0.05, 0.1) is 19.2 Å². The molecule has 0 radical (unpaired) electrons. The number of carbonyl (C=O) groups is 2. The summed E-state index contributed by atoms with van der Waals surface area (Å²) >= 11 is 0. The maximum atomic E-state index is 13.4. The Morgan fingerprint density at radius 2 is 1.89 bits per heavy atom. The van der Waals surface area contributed by atoms with Gasteiger partial charge in [-0.3, -0.25) is 9.59 Å². The molecule has 2 unspecified atom stereocenters. The molecule has 1 saturated carbocycles. The Morgan fingerprint density at radius 1 is 1.22 bits per heavy atom. The van der Waals surface area contributed by atoms with Gasteiger partial charge in [-0.1, -0.05) is 0 Å². The molecule has 2 amide bonds. The van der Waals surface area contributed by atoms with Crippen LogP contribution in [0.1, 0.15) is 16.8 Å². The molecule has 2 saturated heterocycles. The van der Waals surface area contributed by atoms with Gasteiger partial charge in [0.1, 0.15) is 12.2 Å². The van der Waals surface area contributed by atoms with Crippen LogP contribution in [0.2, 0.25) is 0 Å². The van der Waals surface area contributed by atoms with E-state index in [0.717, 1.165) is 18.8 Å². The second-order valence-corrected chi connectivity index (χ2v) is 7.57. The lowest BCUT2D eigenvalue weighted by atomic mass is 10.2. The van der Waals surface area contributed by atoms with Gasteiger partial charge >= 0.3 is 0 Å². The smallest absolute Gasteiger partial charge is 0.248 e. The molecule has 7 nitrogen and oxygen atoms in total. The highest BCUT2D eigenvalue weighted by atomic mass is 19.1. The summed E-state index contributed by atoms with van der Waals surface area (Å²) in [6.45, 7) is 1.95. The number of nitriles is 1. The summed E-state index contributed by atoms with van der Waals surface area (Å²) in [5.74, 6) is 0.321. The van der Waals surface area contributed by atoms with E-state index in [1.165, 1.54) is 4.90 Å². The zero-order valence-corrected chi connectivity index (χ0v) is 14.8. The Bertz CT molecular complexity index is 780. The van der Waals surface area contributed by atoms with Crippen molar-refractivity contribution >= 4 is 17.5 Å². The normalized spacial score (nSPS) is 31.5. The SMILES string of the molecule is N#C[C@@H]1C[C@H](F)CN1C(=O)CNC1C2CN(c3ccc(C(N)=O)cc3)CC21. The highest BCUT2D eigenvalue weighted by Crippen LogP contribution is 2.46. The van der Waals surface area contributed by atoms with E-state index in [9.17, 15) is 14.0 Å². The number of primary amides is 1. The van der Waals surface area contributed by atoms with E-state index >= 15 is 0 Å². The third kappa shape index (κ3) is 3.35. The number of halogens is 1. The highest BCUT2D eigenvalue weighted by Gasteiger charge is 2.55. The van der Waals surface area contributed by atoms with E-state index in [2.05, 4.69) is 10.2 Å². The molecule has 0 aromatic heterocycles. The maximum Gasteiger partial charge on any atom is 0.248 e. The van der Waals surface area contributed by atoms with E-state index in [4.69, 9.17) is 11.0 Å². The van der Waals surface area contributed by atoms with E-state index in [0.29, 0.717) is 23.4 Å². The van der Waals surface area contributed by atoms with Gasteiger partial charge in [-0.05, 0) is 36.1 Å². The number of alkyl halides is 1. The molecule has 4 rings (SSSR count). The van der Waals surface area contributed by atoms with Gasteiger partial charge in [-0.2, -0.15) is 5.26 Å². The van der Waals surface area contributed by atoms with Crippen molar-refractivity contribution in [3.8, 4) is 6.07 Å². The molecule has 0 bridgehead atoms. The zero-order valence-electron chi connectivity index (χ0n) is 14.8. The van der Waals surface area contributed by atoms with Crippen LogP contribution < -0.4 is 16.0 Å². The fourth-order valence-corrected chi connectivity index (χ4v) is 4.37. The predicted molar refractivity (Wildman–Crippen MR) is 96.6 cm³/mol. The van der Waals surface area contributed by atoms with Gasteiger partial charge in [0.15, 0.2) is 0 Å². The summed E-state index contributed by atoms with van der Waals surface area (Å²) in [4.78, 5) is 27.0. The minimum absolute atomic E-state index is 0.0192. The molecule has 1 aliphatic carbocycles. The fraction of sp³-hybridized carbons (Fsp3) is 0.526. The van der Waals surface area contributed by atoms with Crippen molar-refractivity contribution in [1.29, 1.82) is 5.26 Å². The average Bonchev–Trinajstić information content (AvgIpc) is 3.00. The summed E-state index contributed by atoms with van der Waals surface area (Å²) in [7, 11) is 0. The second kappa shape index (κ2) is 6.82. The average molecular weight is 371 g/mol. The third-order valence-electron chi connectivity index (χ3n) is 5.92. The minimum atomic E-state index is -1.10. The molecule has 0 spiro atoms. The number of nitrogens with zero attached hydrogens (tertiary/aromatic N) is 3. The highest BCUT2D eigenvalue weighted by molar-refractivity contribution is 5.93. The molecule has 8 heteroatoms. The van der Waals surface area contributed by atoms with Crippen LogP contribution in [0, 0.1) is 23.2 Å². The molecule has 1 aromatic carbocycles. The Kier molecular flexibility index (Phi) is 4.48. The van der Waals surface area contributed by atoms with Crippen LogP contribution >= 0.6 is 0 Å². The third-order valence-corrected chi connectivity index (χ3v) is 5.92. The minimum Gasteiger partial charge on any atom is -0.371 e. The Hall–Kier alpha value is -2.66. The van der Waals surface area contributed by atoms with E-state index in [-0.39, 0.29) is 25.4 Å². The Labute approximate surface area is 156 Å². The van der Waals surface area contributed by atoms with Crippen molar-refractivity contribution in [3.63, 3.8) is 0 Å². The van der Waals surface area contributed by atoms with Crippen LogP contribution in [0.5, 0.6) is 0 Å². The number of likely N-dealkylation sites (tertiary alicyclic amines) is 1. The number of hydrogen-bond acceptors (Lipinski definition) is 5. The predicted octanol–water partition coefficient (Wildman–Crippen LogP) is 0.272. The van der Waals surface area contributed by atoms with Crippen molar-refractivity contribution in [2.24, 2.45) is 17.6 Å². The molecule has 3 fully saturated rings. The van der Waals surface area contributed by atoms with Crippen molar-refractivity contribution in [1.82, 2.24) is 10.2 Å². The zero-order chi connectivity index (χ0) is 19.1. The lowest BCUT2D eigenvalue weighted by Crippen LogP contribution is -2.42.